The molecule has 0 amide bonds. The molecule has 2 fully saturated rings. The molecule has 28 heavy (non-hydrogen) atoms. The van der Waals surface area contributed by atoms with Crippen LogP contribution >= 0.6 is 11.9 Å². The number of carbonyl (C=O) groups is 1. The zero-order chi connectivity index (χ0) is 20.1. The van der Waals surface area contributed by atoms with Crippen molar-refractivity contribution in [1.29, 1.82) is 0 Å². The summed E-state index contributed by atoms with van der Waals surface area (Å²) in [6, 6.07) is 5.69. The second-order valence-corrected chi connectivity index (χ2v) is 8.88. The highest BCUT2D eigenvalue weighted by atomic mass is 32.2. The van der Waals surface area contributed by atoms with Gasteiger partial charge < -0.3 is 14.4 Å². The van der Waals surface area contributed by atoms with Gasteiger partial charge in [-0.1, -0.05) is 31.4 Å². The lowest BCUT2D eigenvalue weighted by Gasteiger charge is -2.39. The number of fused-ring (bicyclic) bond motifs is 2. The summed E-state index contributed by atoms with van der Waals surface area (Å²) in [6.07, 6.45) is 8.94. The van der Waals surface area contributed by atoms with Crippen molar-refractivity contribution >= 4 is 23.6 Å². The summed E-state index contributed by atoms with van der Waals surface area (Å²) in [4.78, 5) is 12.1. The Hall–Kier alpha value is -1.41. The number of nitrogens with zero attached hydrogens (tertiary/aromatic N) is 1. The molecule has 1 aromatic carbocycles. The van der Waals surface area contributed by atoms with E-state index in [1.54, 1.807) is 6.07 Å². The Kier molecular flexibility index (Phi) is 7.15. The first-order valence-corrected chi connectivity index (χ1v) is 10.5. The third kappa shape index (κ3) is 6.58. The molecule has 1 aromatic rings. The van der Waals surface area contributed by atoms with Crippen LogP contribution < -0.4 is 4.47 Å². The van der Waals surface area contributed by atoms with Crippen LogP contribution in [0.4, 0.5) is 18.9 Å². The number of rotatable bonds is 7. The molecule has 2 aliphatic rings. The number of benzene rings is 1. The van der Waals surface area contributed by atoms with Gasteiger partial charge in [0.15, 0.2) is 0 Å². The van der Waals surface area contributed by atoms with E-state index >= 15 is 0 Å². The zero-order valence-electron chi connectivity index (χ0n) is 15.6. The molecular formula is C20H25F3NO3S-. The molecule has 0 aromatic heterocycles. The highest BCUT2D eigenvalue weighted by molar-refractivity contribution is 8.01. The van der Waals surface area contributed by atoms with Gasteiger partial charge in [0.05, 0.1) is 11.9 Å². The van der Waals surface area contributed by atoms with Crippen molar-refractivity contribution in [3.63, 3.8) is 0 Å². The number of halogens is 3. The van der Waals surface area contributed by atoms with Crippen molar-refractivity contribution in [3.05, 3.63) is 35.0 Å². The van der Waals surface area contributed by atoms with Crippen LogP contribution in [-0.2, 0) is 16.1 Å². The lowest BCUT2D eigenvalue weighted by atomic mass is 9.67. The van der Waals surface area contributed by atoms with Gasteiger partial charge in [0.2, 0.25) is 0 Å². The van der Waals surface area contributed by atoms with E-state index < -0.39 is 17.5 Å². The van der Waals surface area contributed by atoms with E-state index in [0.29, 0.717) is 17.9 Å². The van der Waals surface area contributed by atoms with Crippen LogP contribution in [0.1, 0.15) is 56.9 Å². The molecule has 2 unspecified atom stereocenters. The van der Waals surface area contributed by atoms with Gasteiger partial charge >= 0.3 is 11.5 Å². The summed E-state index contributed by atoms with van der Waals surface area (Å²) in [7, 11) is 0. The lowest BCUT2D eigenvalue weighted by molar-refractivity contribution is -0.145. The second kappa shape index (κ2) is 9.39. The number of carbonyl (C=O) groups excluding carboxylic acids is 1. The molecule has 4 nitrogen and oxygen atoms in total. The van der Waals surface area contributed by atoms with Crippen molar-refractivity contribution < 1.29 is 22.7 Å². The van der Waals surface area contributed by atoms with Crippen LogP contribution in [0.3, 0.4) is 0 Å². The Labute approximate surface area is 167 Å². The number of hydrogen-bond acceptors (Lipinski definition) is 5. The van der Waals surface area contributed by atoms with Crippen molar-refractivity contribution in [2.75, 3.05) is 4.47 Å². The Balaban J connectivity index is 1.42. The summed E-state index contributed by atoms with van der Waals surface area (Å²) < 4.78 is 42.0. The first kappa shape index (κ1) is 21.3. The molecule has 3 rings (SSSR count). The summed E-state index contributed by atoms with van der Waals surface area (Å²) in [6.45, 7) is -0.0485. The number of alkyl halides is 3. The first-order valence-electron chi connectivity index (χ1n) is 9.76. The maximum atomic E-state index is 12.3. The van der Waals surface area contributed by atoms with E-state index in [4.69, 9.17) is 4.74 Å². The van der Waals surface area contributed by atoms with Gasteiger partial charge in [-0.25, -0.2) is 0 Å². The van der Waals surface area contributed by atoms with Gasteiger partial charge in [0.25, 0.3) is 0 Å². The average Bonchev–Trinajstić information content (AvgIpc) is 2.63. The molecule has 8 heteroatoms. The van der Waals surface area contributed by atoms with Gasteiger partial charge in [-0.15, -0.1) is 0 Å². The summed E-state index contributed by atoms with van der Waals surface area (Å²) in [5.41, 5.74) is -4.30. The molecule has 0 saturated heterocycles. The summed E-state index contributed by atoms with van der Waals surface area (Å²) in [5, 5.41) is 11.6. The minimum atomic E-state index is -4.65. The molecule has 0 heterocycles. The minimum Gasteiger partial charge on any atom is -0.748 e. The highest BCUT2D eigenvalue weighted by Crippen LogP contribution is 2.43. The number of anilines is 1. The molecule has 2 atom stereocenters. The van der Waals surface area contributed by atoms with Gasteiger partial charge in [-0.05, 0) is 61.1 Å². The van der Waals surface area contributed by atoms with E-state index in [1.165, 1.54) is 56.7 Å². The van der Waals surface area contributed by atoms with Crippen LogP contribution in [0.2, 0.25) is 0 Å². The highest BCUT2D eigenvalue weighted by Gasteiger charge is 2.32. The van der Waals surface area contributed by atoms with Crippen molar-refractivity contribution in [2.45, 2.75) is 63.5 Å². The summed E-state index contributed by atoms with van der Waals surface area (Å²) >= 11 is -0.756. The van der Waals surface area contributed by atoms with Crippen LogP contribution in [0.5, 0.6) is 0 Å². The molecule has 0 radical (unpaired) electrons. The average molecular weight is 416 g/mol. The second-order valence-electron chi connectivity index (χ2n) is 7.90. The number of esters is 1. The molecule has 2 bridgehead atoms. The normalized spacial score (nSPS) is 24.6. The van der Waals surface area contributed by atoms with Crippen LogP contribution in [0.25, 0.3) is 0 Å². The number of ether oxygens (including phenoxy) is 1. The Morgan fingerprint density at radius 2 is 1.93 bits per heavy atom. The fourth-order valence-corrected chi connectivity index (χ4v) is 4.98. The lowest BCUT2D eigenvalue weighted by Crippen LogP contribution is -2.27. The Morgan fingerprint density at radius 1 is 1.21 bits per heavy atom. The van der Waals surface area contributed by atoms with E-state index in [2.05, 4.69) is 0 Å². The predicted octanol–water partition coefficient (Wildman–Crippen LogP) is 6.20. The van der Waals surface area contributed by atoms with E-state index in [-0.39, 0.29) is 22.7 Å². The molecule has 0 N–H and O–H groups in total. The zero-order valence-corrected chi connectivity index (χ0v) is 16.4. The van der Waals surface area contributed by atoms with E-state index in [9.17, 15) is 23.2 Å². The molecule has 2 saturated carbocycles. The van der Waals surface area contributed by atoms with Crippen molar-refractivity contribution in [2.24, 2.45) is 17.8 Å². The molecule has 0 aliphatic heterocycles. The van der Waals surface area contributed by atoms with Gasteiger partial charge in [-0.2, -0.15) is 13.2 Å². The van der Waals surface area contributed by atoms with E-state index in [1.807, 2.05) is 0 Å². The third-order valence-electron chi connectivity index (χ3n) is 5.69. The molecule has 0 spiro atoms. The minimum absolute atomic E-state index is 0.0485. The topological polar surface area (TPSA) is 52.6 Å². The smallest absolute Gasteiger partial charge is 0.460 e. The van der Waals surface area contributed by atoms with E-state index in [0.717, 1.165) is 18.3 Å². The summed E-state index contributed by atoms with van der Waals surface area (Å²) in [5.74, 6) is 1.93. The molecule has 156 valence electrons. The van der Waals surface area contributed by atoms with Crippen molar-refractivity contribution in [1.82, 2.24) is 0 Å². The van der Waals surface area contributed by atoms with Gasteiger partial charge in [-0.3, -0.25) is 4.79 Å². The quantitative estimate of drug-likeness (QED) is 0.301. The van der Waals surface area contributed by atoms with Crippen LogP contribution in [0.15, 0.2) is 24.3 Å². The Morgan fingerprint density at radius 3 is 2.61 bits per heavy atom. The monoisotopic (exact) mass is 416 g/mol. The van der Waals surface area contributed by atoms with Crippen LogP contribution in [0, 0.1) is 23.0 Å². The standard InChI is InChI=1S/C20H25F3NO3S/c21-20(22,23)28-24(26)18-6-2-5-17(12-18)13-27-19(25)8-7-16-10-14-3-1-4-15(9-14)11-16/h2,5-6,12,14-16H,1,3-4,7-11,13H2/q-1. The largest absolute Gasteiger partial charge is 0.748 e. The molecule has 2 aliphatic carbocycles. The SMILES string of the molecule is O=C(CCC1CC2CCCC(C2)C1)OCc1cccc(N([O-])SC(F)(F)F)c1. The first-order chi connectivity index (χ1) is 13.3. The fourth-order valence-electron chi connectivity index (χ4n) is 4.57. The maximum Gasteiger partial charge on any atom is 0.460 e. The third-order valence-corrected chi connectivity index (χ3v) is 6.27. The Bertz CT molecular complexity index is 658. The van der Waals surface area contributed by atoms with Crippen LogP contribution in [-0.4, -0.2) is 11.5 Å². The van der Waals surface area contributed by atoms with Crippen molar-refractivity contribution in [3.8, 4) is 0 Å². The number of hydrogen-bond donors (Lipinski definition) is 0. The fraction of sp³-hybridized carbons (Fsp3) is 0.650. The molecular weight excluding hydrogens is 391 g/mol. The van der Waals surface area contributed by atoms with Gasteiger partial charge in [0, 0.05) is 12.1 Å². The predicted molar refractivity (Wildman–Crippen MR) is 103 cm³/mol. The van der Waals surface area contributed by atoms with Gasteiger partial charge in [0.1, 0.15) is 6.61 Å². The maximum absolute atomic E-state index is 12.3.